The van der Waals surface area contributed by atoms with E-state index in [2.05, 4.69) is 86.8 Å². The number of hydrogen-bond acceptors (Lipinski definition) is 8. The fourth-order valence-corrected chi connectivity index (χ4v) is 7.92. The van der Waals surface area contributed by atoms with E-state index in [-0.39, 0.29) is 52.6 Å². The lowest BCUT2D eigenvalue weighted by molar-refractivity contribution is -0.198. The van der Waals surface area contributed by atoms with E-state index in [1.165, 1.54) is 6.92 Å². The molecular formula is C36H66N2O6. The molecule has 8 nitrogen and oxygen atoms in total. The topological polar surface area (TPSA) is 103 Å². The molecule has 2 aliphatic heterocycles. The van der Waals surface area contributed by atoms with Crippen LogP contribution >= 0.6 is 0 Å². The summed E-state index contributed by atoms with van der Waals surface area (Å²) in [6, 6.07) is 0. The molecule has 2 rings (SSSR count). The standard InChI is InChI=1S/C36H66N2O6/c1-14-20-21-36(30(40)43-26(9)29(39)42-19-6,27-22-32(10,15-2)37-34(12,17-4)24(27)7)31(41)44-28-23-33(11,16-3)38-35(13,18-5)25(28)8/h24-28,37-38H,14-23H2,1-13H3. The molecule has 2 N–H and O–H groups in total. The van der Waals surface area contributed by atoms with Crippen molar-refractivity contribution in [1.29, 1.82) is 0 Å². The Hall–Kier alpha value is -1.67. The van der Waals surface area contributed by atoms with E-state index in [9.17, 15) is 9.59 Å². The van der Waals surface area contributed by atoms with Crippen LogP contribution in [0.3, 0.4) is 0 Å². The Kier molecular flexibility index (Phi) is 13.0. The van der Waals surface area contributed by atoms with Gasteiger partial charge in [0.15, 0.2) is 11.5 Å². The number of carbonyl (C=O) groups excluding carboxylic acids is 3. The monoisotopic (exact) mass is 622 g/mol. The van der Waals surface area contributed by atoms with E-state index in [1.54, 1.807) is 6.92 Å². The van der Waals surface area contributed by atoms with Gasteiger partial charge in [0.05, 0.1) is 6.61 Å². The summed E-state index contributed by atoms with van der Waals surface area (Å²) < 4.78 is 17.8. The quantitative estimate of drug-likeness (QED) is 0.120. The number of ether oxygens (including phenoxy) is 3. The number of esters is 3. The molecule has 0 spiro atoms. The zero-order valence-corrected chi connectivity index (χ0v) is 30.4. The second-order valence-corrected chi connectivity index (χ2v) is 15.0. The van der Waals surface area contributed by atoms with Crippen LogP contribution in [0.5, 0.6) is 0 Å². The van der Waals surface area contributed by atoms with Gasteiger partial charge in [-0.3, -0.25) is 9.59 Å². The van der Waals surface area contributed by atoms with Crippen molar-refractivity contribution in [1.82, 2.24) is 10.6 Å². The predicted octanol–water partition coefficient (Wildman–Crippen LogP) is 7.12. The molecule has 44 heavy (non-hydrogen) atoms. The molecule has 256 valence electrons. The van der Waals surface area contributed by atoms with Crippen LogP contribution in [0.25, 0.3) is 0 Å². The van der Waals surface area contributed by atoms with Crippen LogP contribution in [0.1, 0.15) is 148 Å². The van der Waals surface area contributed by atoms with Crippen LogP contribution in [-0.2, 0) is 28.6 Å². The highest BCUT2D eigenvalue weighted by Crippen LogP contribution is 2.53. The number of hydrogen-bond donors (Lipinski definition) is 2. The number of rotatable bonds is 14. The van der Waals surface area contributed by atoms with Gasteiger partial charge in [0.2, 0.25) is 0 Å². The molecule has 10 atom stereocenters. The van der Waals surface area contributed by atoms with E-state index in [4.69, 9.17) is 14.2 Å². The first kappa shape index (κ1) is 38.5. The second-order valence-electron chi connectivity index (χ2n) is 15.0. The van der Waals surface area contributed by atoms with Crippen LogP contribution < -0.4 is 10.6 Å². The third kappa shape index (κ3) is 7.65. The fourth-order valence-electron chi connectivity index (χ4n) is 7.92. The van der Waals surface area contributed by atoms with Gasteiger partial charge in [0.1, 0.15) is 6.10 Å². The van der Waals surface area contributed by atoms with Gasteiger partial charge in [-0.05, 0) is 91.9 Å². The molecular weight excluding hydrogens is 556 g/mol. The molecule has 0 radical (unpaired) electrons. The molecule has 8 heteroatoms. The first-order valence-electron chi connectivity index (χ1n) is 17.6. The Bertz CT molecular complexity index is 1010. The lowest BCUT2D eigenvalue weighted by Crippen LogP contribution is -2.69. The lowest BCUT2D eigenvalue weighted by atomic mass is 9.55. The van der Waals surface area contributed by atoms with Gasteiger partial charge < -0.3 is 24.8 Å². The molecule has 2 saturated heterocycles. The Labute approximate surface area is 268 Å². The highest BCUT2D eigenvalue weighted by atomic mass is 16.6. The molecule has 0 amide bonds. The van der Waals surface area contributed by atoms with Gasteiger partial charge in [0.25, 0.3) is 0 Å². The van der Waals surface area contributed by atoms with E-state index in [0.717, 1.165) is 32.1 Å². The summed E-state index contributed by atoms with van der Waals surface area (Å²) in [5, 5.41) is 7.78. The normalized spacial score (nSPS) is 37.8. The summed E-state index contributed by atoms with van der Waals surface area (Å²) in [7, 11) is 0. The summed E-state index contributed by atoms with van der Waals surface area (Å²) in [5.41, 5.74) is -2.63. The van der Waals surface area contributed by atoms with Gasteiger partial charge in [-0.2, -0.15) is 0 Å². The first-order valence-corrected chi connectivity index (χ1v) is 17.6. The Morgan fingerprint density at radius 1 is 0.795 bits per heavy atom. The molecule has 0 saturated carbocycles. The van der Waals surface area contributed by atoms with Crippen molar-refractivity contribution >= 4 is 17.9 Å². The number of nitrogens with one attached hydrogen (secondary N) is 2. The summed E-state index contributed by atoms with van der Waals surface area (Å²) in [5.74, 6) is -2.15. The van der Waals surface area contributed by atoms with Crippen molar-refractivity contribution in [3.63, 3.8) is 0 Å². The van der Waals surface area contributed by atoms with E-state index >= 15 is 4.79 Å². The van der Waals surface area contributed by atoms with E-state index in [0.29, 0.717) is 25.7 Å². The van der Waals surface area contributed by atoms with Gasteiger partial charge in [-0.1, -0.05) is 61.3 Å². The summed E-state index contributed by atoms with van der Waals surface area (Å²) in [6.45, 7) is 27.2. The molecule has 0 aromatic heterocycles. The highest BCUT2D eigenvalue weighted by molar-refractivity contribution is 6.01. The molecule has 10 unspecified atom stereocenters. The Morgan fingerprint density at radius 3 is 1.80 bits per heavy atom. The number of unbranched alkanes of at least 4 members (excludes halogenated alkanes) is 1. The minimum atomic E-state index is -1.57. The SMILES string of the molecule is CCCCC(C(=O)OC(C)C(=O)OCC)(C(=O)OC1CC(C)(CC)NC(C)(CC)C1C)C1CC(C)(CC)NC(C)(CC)C1C. The van der Waals surface area contributed by atoms with Gasteiger partial charge in [-0.15, -0.1) is 0 Å². The van der Waals surface area contributed by atoms with E-state index < -0.39 is 29.4 Å². The van der Waals surface area contributed by atoms with Crippen LogP contribution in [0.4, 0.5) is 0 Å². The van der Waals surface area contributed by atoms with Crippen molar-refractivity contribution in [2.24, 2.45) is 23.2 Å². The van der Waals surface area contributed by atoms with Crippen LogP contribution in [0.15, 0.2) is 0 Å². The predicted molar refractivity (Wildman–Crippen MR) is 176 cm³/mol. The highest BCUT2D eigenvalue weighted by Gasteiger charge is 2.63. The molecule has 0 aromatic rings. The van der Waals surface area contributed by atoms with E-state index in [1.807, 2.05) is 0 Å². The minimum absolute atomic E-state index is 0.0293. The lowest BCUT2D eigenvalue weighted by Gasteiger charge is -2.57. The Balaban J connectivity index is 2.76. The molecule has 0 aliphatic carbocycles. The van der Waals surface area contributed by atoms with Crippen molar-refractivity contribution < 1.29 is 28.6 Å². The van der Waals surface area contributed by atoms with Crippen molar-refractivity contribution in [2.75, 3.05) is 6.61 Å². The largest absolute Gasteiger partial charge is 0.463 e. The molecule has 0 bridgehead atoms. The van der Waals surface area contributed by atoms with Gasteiger partial charge in [0, 0.05) is 34.5 Å². The maximum Gasteiger partial charge on any atom is 0.347 e. The van der Waals surface area contributed by atoms with Gasteiger partial charge in [-0.25, -0.2) is 4.79 Å². The number of carbonyl (C=O) groups is 3. The summed E-state index contributed by atoms with van der Waals surface area (Å²) in [4.78, 5) is 42.4. The summed E-state index contributed by atoms with van der Waals surface area (Å²) >= 11 is 0. The van der Waals surface area contributed by atoms with Crippen LogP contribution in [-0.4, -0.2) is 58.9 Å². The van der Waals surface area contributed by atoms with Crippen LogP contribution in [0, 0.1) is 23.2 Å². The molecule has 2 fully saturated rings. The third-order valence-electron chi connectivity index (χ3n) is 12.1. The third-order valence-corrected chi connectivity index (χ3v) is 12.1. The fraction of sp³-hybridized carbons (Fsp3) is 0.917. The van der Waals surface area contributed by atoms with Gasteiger partial charge >= 0.3 is 17.9 Å². The Morgan fingerprint density at radius 2 is 1.32 bits per heavy atom. The van der Waals surface area contributed by atoms with Crippen molar-refractivity contribution in [2.45, 2.75) is 182 Å². The molecule has 2 aliphatic rings. The minimum Gasteiger partial charge on any atom is -0.463 e. The summed E-state index contributed by atoms with van der Waals surface area (Å²) in [6.07, 6.45) is 4.98. The maximum atomic E-state index is 15.1. The van der Waals surface area contributed by atoms with Crippen molar-refractivity contribution in [3.8, 4) is 0 Å². The van der Waals surface area contributed by atoms with Crippen molar-refractivity contribution in [3.05, 3.63) is 0 Å². The maximum absolute atomic E-state index is 15.1. The molecule has 2 heterocycles. The second kappa shape index (κ2) is 14.8. The zero-order valence-electron chi connectivity index (χ0n) is 30.4. The van der Waals surface area contributed by atoms with Crippen LogP contribution in [0.2, 0.25) is 0 Å². The first-order chi connectivity index (χ1) is 20.4. The average molecular weight is 623 g/mol. The smallest absolute Gasteiger partial charge is 0.347 e. The zero-order chi connectivity index (χ0) is 33.7. The average Bonchev–Trinajstić information content (AvgIpc) is 2.98. The molecule has 0 aromatic carbocycles. The number of piperidine rings is 2.